The lowest BCUT2D eigenvalue weighted by atomic mass is 10.1. The minimum absolute atomic E-state index is 0.522. The first-order chi connectivity index (χ1) is 14.1. The van der Waals surface area contributed by atoms with Crippen LogP contribution in [0.25, 0.3) is 0 Å². The highest BCUT2D eigenvalue weighted by Crippen LogP contribution is 2.27. The second-order valence-electron chi connectivity index (χ2n) is 6.44. The zero-order chi connectivity index (χ0) is 20.6. The zero-order valence-corrected chi connectivity index (χ0v) is 18.4. The molecule has 0 amide bonds. The summed E-state index contributed by atoms with van der Waals surface area (Å²) in [5.41, 5.74) is 2.95. The number of thiocarbonyl (C=S) groups is 1. The minimum atomic E-state index is 0.522. The molecule has 0 atom stereocenters. The van der Waals surface area contributed by atoms with E-state index in [4.69, 9.17) is 40.2 Å². The molecule has 0 aromatic heterocycles. The van der Waals surface area contributed by atoms with Gasteiger partial charge < -0.3 is 15.0 Å². The van der Waals surface area contributed by atoms with E-state index in [0.29, 0.717) is 34.9 Å². The summed E-state index contributed by atoms with van der Waals surface area (Å²) in [5.74, 6) is 0.861. The molecular formula is C23H22Cl2N2OS. The minimum Gasteiger partial charge on any atom is -0.494 e. The molecule has 0 aliphatic heterocycles. The van der Waals surface area contributed by atoms with Gasteiger partial charge in [-0.05, 0) is 49.0 Å². The number of ether oxygens (including phenoxy) is 1. The Kier molecular flexibility index (Phi) is 7.76. The molecule has 0 saturated carbocycles. The Labute approximate surface area is 187 Å². The predicted molar refractivity (Wildman–Crippen MR) is 126 cm³/mol. The molecule has 0 aliphatic rings. The van der Waals surface area contributed by atoms with Crippen molar-refractivity contribution in [3.8, 4) is 5.75 Å². The van der Waals surface area contributed by atoms with Gasteiger partial charge in [-0.2, -0.15) is 0 Å². The van der Waals surface area contributed by atoms with Gasteiger partial charge in [0.1, 0.15) is 5.75 Å². The van der Waals surface area contributed by atoms with Crippen LogP contribution in [0.4, 0.5) is 5.69 Å². The highest BCUT2D eigenvalue weighted by Gasteiger charge is 2.15. The Morgan fingerprint density at radius 1 is 0.966 bits per heavy atom. The average Bonchev–Trinajstić information content (AvgIpc) is 2.72. The summed E-state index contributed by atoms with van der Waals surface area (Å²) in [6.45, 7) is 3.84. The van der Waals surface area contributed by atoms with Crippen LogP contribution in [0.1, 0.15) is 18.1 Å². The summed E-state index contributed by atoms with van der Waals surface area (Å²) in [6.07, 6.45) is 0. The Morgan fingerprint density at radius 2 is 1.69 bits per heavy atom. The van der Waals surface area contributed by atoms with E-state index in [-0.39, 0.29) is 0 Å². The molecule has 6 heteroatoms. The third-order valence-electron chi connectivity index (χ3n) is 4.31. The fourth-order valence-electron chi connectivity index (χ4n) is 2.92. The molecule has 0 fully saturated rings. The van der Waals surface area contributed by atoms with Crippen LogP contribution in [0, 0.1) is 0 Å². The molecule has 29 heavy (non-hydrogen) atoms. The van der Waals surface area contributed by atoms with Crippen LogP contribution in [-0.2, 0) is 13.1 Å². The molecular weight excluding hydrogens is 423 g/mol. The Bertz CT molecular complexity index is 966. The average molecular weight is 445 g/mol. The summed E-state index contributed by atoms with van der Waals surface area (Å²) in [6, 6.07) is 23.5. The number of halogens is 2. The Balaban J connectivity index is 1.85. The van der Waals surface area contributed by atoms with Gasteiger partial charge in [-0.1, -0.05) is 71.7 Å². The van der Waals surface area contributed by atoms with Gasteiger partial charge >= 0.3 is 0 Å². The van der Waals surface area contributed by atoms with E-state index in [9.17, 15) is 0 Å². The van der Waals surface area contributed by atoms with Crippen LogP contribution in [-0.4, -0.2) is 16.6 Å². The van der Waals surface area contributed by atoms with Gasteiger partial charge in [0.15, 0.2) is 5.11 Å². The summed E-state index contributed by atoms with van der Waals surface area (Å²) >= 11 is 18.1. The van der Waals surface area contributed by atoms with Crippen molar-refractivity contribution in [2.75, 3.05) is 11.9 Å². The first kappa shape index (κ1) is 21.4. The maximum absolute atomic E-state index is 6.32. The molecule has 0 saturated heterocycles. The summed E-state index contributed by atoms with van der Waals surface area (Å²) in [4.78, 5) is 2.09. The van der Waals surface area contributed by atoms with Gasteiger partial charge in [-0.3, -0.25) is 0 Å². The number of para-hydroxylation sites is 1. The smallest absolute Gasteiger partial charge is 0.174 e. The Hall–Kier alpha value is -2.27. The van der Waals surface area contributed by atoms with Gasteiger partial charge in [0.05, 0.1) is 17.3 Å². The molecule has 3 rings (SSSR count). The molecule has 0 bridgehead atoms. The third kappa shape index (κ3) is 6.10. The standard InChI is InChI=1S/C23H22Cl2N2OS/c1-2-28-22-11-7-6-10-18(22)16-27(15-17-8-4-3-5-9-17)23(29)26-21-13-12-19(24)14-20(21)25/h3-14H,2,15-16H2,1H3,(H,26,29). The van der Waals surface area contributed by atoms with Crippen molar-refractivity contribution in [3.63, 3.8) is 0 Å². The number of nitrogens with one attached hydrogen (secondary N) is 1. The number of benzene rings is 3. The van der Waals surface area contributed by atoms with Gasteiger partial charge in [0, 0.05) is 23.7 Å². The lowest BCUT2D eigenvalue weighted by Crippen LogP contribution is -2.34. The fourth-order valence-corrected chi connectivity index (χ4v) is 3.62. The topological polar surface area (TPSA) is 24.5 Å². The molecule has 0 radical (unpaired) electrons. The molecule has 0 spiro atoms. The second kappa shape index (κ2) is 10.5. The quantitative estimate of drug-likeness (QED) is 0.405. The molecule has 3 aromatic carbocycles. The van der Waals surface area contributed by atoms with Crippen LogP contribution in [0.15, 0.2) is 72.8 Å². The molecule has 0 heterocycles. The normalized spacial score (nSPS) is 10.4. The number of nitrogens with zero attached hydrogens (tertiary/aromatic N) is 1. The third-order valence-corrected chi connectivity index (χ3v) is 5.22. The summed E-state index contributed by atoms with van der Waals surface area (Å²) in [7, 11) is 0. The van der Waals surface area contributed by atoms with Crippen molar-refractivity contribution in [3.05, 3.63) is 94.0 Å². The fraction of sp³-hybridized carbons (Fsp3) is 0.174. The van der Waals surface area contributed by atoms with Crippen LogP contribution in [0.2, 0.25) is 10.0 Å². The van der Waals surface area contributed by atoms with Crippen molar-refractivity contribution in [1.82, 2.24) is 4.90 Å². The van der Waals surface area contributed by atoms with E-state index < -0.39 is 0 Å². The molecule has 3 aromatic rings. The number of hydrogen-bond donors (Lipinski definition) is 1. The number of anilines is 1. The van der Waals surface area contributed by atoms with Crippen molar-refractivity contribution >= 4 is 46.2 Å². The van der Waals surface area contributed by atoms with Gasteiger partial charge in [0.25, 0.3) is 0 Å². The summed E-state index contributed by atoms with van der Waals surface area (Å²) in [5, 5.41) is 4.93. The maximum atomic E-state index is 6.32. The zero-order valence-electron chi connectivity index (χ0n) is 16.1. The van der Waals surface area contributed by atoms with Crippen molar-refractivity contribution in [1.29, 1.82) is 0 Å². The number of rotatable bonds is 7. The lowest BCUT2D eigenvalue weighted by Gasteiger charge is -2.27. The van der Waals surface area contributed by atoms with E-state index in [1.165, 1.54) is 0 Å². The van der Waals surface area contributed by atoms with Gasteiger partial charge in [0.2, 0.25) is 0 Å². The van der Waals surface area contributed by atoms with E-state index >= 15 is 0 Å². The monoisotopic (exact) mass is 444 g/mol. The molecule has 1 N–H and O–H groups in total. The number of hydrogen-bond acceptors (Lipinski definition) is 2. The lowest BCUT2D eigenvalue weighted by molar-refractivity contribution is 0.327. The SMILES string of the molecule is CCOc1ccccc1CN(Cc1ccccc1)C(=S)Nc1ccc(Cl)cc1Cl. The maximum Gasteiger partial charge on any atom is 0.174 e. The van der Waals surface area contributed by atoms with Crippen LogP contribution < -0.4 is 10.1 Å². The molecule has 3 nitrogen and oxygen atoms in total. The van der Waals surface area contributed by atoms with E-state index in [2.05, 4.69) is 28.4 Å². The van der Waals surface area contributed by atoms with Crippen molar-refractivity contribution in [2.45, 2.75) is 20.0 Å². The van der Waals surface area contributed by atoms with Crippen LogP contribution in [0.3, 0.4) is 0 Å². The predicted octanol–water partition coefficient (Wildman–Crippen LogP) is 6.79. The van der Waals surface area contributed by atoms with E-state index in [0.717, 1.165) is 22.6 Å². The largest absolute Gasteiger partial charge is 0.494 e. The van der Waals surface area contributed by atoms with Gasteiger partial charge in [-0.15, -0.1) is 0 Å². The molecule has 150 valence electrons. The highest BCUT2D eigenvalue weighted by atomic mass is 35.5. The van der Waals surface area contributed by atoms with Crippen LogP contribution in [0.5, 0.6) is 5.75 Å². The van der Waals surface area contributed by atoms with Crippen molar-refractivity contribution < 1.29 is 4.74 Å². The molecule has 0 aliphatic carbocycles. The Morgan fingerprint density at radius 3 is 2.41 bits per heavy atom. The molecule has 0 unspecified atom stereocenters. The van der Waals surface area contributed by atoms with Crippen molar-refractivity contribution in [2.24, 2.45) is 0 Å². The second-order valence-corrected chi connectivity index (χ2v) is 7.67. The van der Waals surface area contributed by atoms with Crippen LogP contribution >= 0.6 is 35.4 Å². The van der Waals surface area contributed by atoms with Gasteiger partial charge in [-0.25, -0.2) is 0 Å². The first-order valence-corrected chi connectivity index (χ1v) is 10.5. The first-order valence-electron chi connectivity index (χ1n) is 9.32. The van der Waals surface area contributed by atoms with E-state index in [1.807, 2.05) is 49.4 Å². The summed E-state index contributed by atoms with van der Waals surface area (Å²) < 4.78 is 5.79. The van der Waals surface area contributed by atoms with E-state index in [1.54, 1.807) is 12.1 Å². The highest BCUT2D eigenvalue weighted by molar-refractivity contribution is 7.80.